The van der Waals surface area contributed by atoms with Crippen LogP contribution in [0.4, 0.5) is 0 Å². The number of fused-ring (bicyclic) bond motifs is 2. The molecule has 0 aromatic rings. The lowest BCUT2D eigenvalue weighted by Gasteiger charge is -2.52. The molecule has 3 aliphatic rings. The Morgan fingerprint density at radius 1 is 1.21 bits per heavy atom. The molecule has 19 heavy (non-hydrogen) atoms. The molecule has 0 aromatic carbocycles. The Hall–Kier alpha value is -0.120. The van der Waals surface area contributed by atoms with E-state index in [-0.39, 0.29) is 5.41 Å². The van der Waals surface area contributed by atoms with Crippen LogP contribution in [0.3, 0.4) is 0 Å². The molecule has 0 heterocycles. The fourth-order valence-corrected chi connectivity index (χ4v) is 4.75. The summed E-state index contributed by atoms with van der Waals surface area (Å²) in [5, 5.41) is 3.79. The normalized spacial score (nSPS) is 47.4. The third kappa shape index (κ3) is 2.24. The Kier molecular flexibility index (Phi) is 3.65. The van der Waals surface area contributed by atoms with Crippen molar-refractivity contribution in [3.8, 4) is 0 Å². The molecule has 3 aliphatic carbocycles. The highest BCUT2D eigenvalue weighted by atomic mass is 16.5. The predicted octanol–water partition coefficient (Wildman–Crippen LogP) is 2.15. The van der Waals surface area contributed by atoms with Crippen molar-refractivity contribution in [1.29, 1.82) is 0 Å². The second kappa shape index (κ2) is 5.01. The fraction of sp³-hybridized carbons (Fsp3) is 1.00. The quantitative estimate of drug-likeness (QED) is 0.801. The molecule has 3 rings (SSSR count). The zero-order valence-electron chi connectivity index (χ0n) is 12.7. The molecule has 0 amide bonds. The van der Waals surface area contributed by atoms with E-state index in [2.05, 4.69) is 26.1 Å². The summed E-state index contributed by atoms with van der Waals surface area (Å²) in [5.74, 6) is 2.45. The lowest BCUT2D eigenvalue weighted by atomic mass is 9.64. The van der Waals surface area contributed by atoms with Crippen LogP contribution in [-0.4, -0.2) is 31.3 Å². The van der Waals surface area contributed by atoms with Gasteiger partial charge < -0.3 is 15.8 Å². The average Bonchev–Trinajstić information content (AvgIpc) is 2.95. The first-order valence-electron chi connectivity index (χ1n) is 8.14. The number of hydrogen-bond donors (Lipinski definition) is 2. The van der Waals surface area contributed by atoms with Gasteiger partial charge in [0.15, 0.2) is 0 Å². The van der Waals surface area contributed by atoms with E-state index in [0.29, 0.717) is 18.2 Å². The minimum atomic E-state index is 0.276. The molecule has 3 saturated carbocycles. The van der Waals surface area contributed by atoms with Gasteiger partial charge in [0.2, 0.25) is 0 Å². The van der Waals surface area contributed by atoms with Crippen molar-refractivity contribution in [2.75, 3.05) is 13.2 Å². The maximum absolute atomic E-state index is 6.39. The van der Waals surface area contributed by atoms with Gasteiger partial charge >= 0.3 is 0 Å². The van der Waals surface area contributed by atoms with Crippen LogP contribution in [0, 0.1) is 23.2 Å². The molecule has 0 aromatic heterocycles. The largest absolute Gasteiger partial charge is 0.378 e. The van der Waals surface area contributed by atoms with E-state index in [0.717, 1.165) is 37.3 Å². The van der Waals surface area contributed by atoms with Crippen LogP contribution < -0.4 is 11.1 Å². The summed E-state index contributed by atoms with van der Waals surface area (Å²) in [6.45, 7) is 8.70. The van der Waals surface area contributed by atoms with Gasteiger partial charge in [-0.3, -0.25) is 0 Å². The van der Waals surface area contributed by atoms with Crippen LogP contribution >= 0.6 is 0 Å². The smallest absolute Gasteiger partial charge is 0.0655 e. The number of ether oxygens (including phenoxy) is 1. The number of nitrogens with one attached hydrogen (secondary N) is 1. The van der Waals surface area contributed by atoms with Crippen molar-refractivity contribution in [3.63, 3.8) is 0 Å². The molecule has 3 heteroatoms. The van der Waals surface area contributed by atoms with Crippen molar-refractivity contribution in [3.05, 3.63) is 0 Å². The van der Waals surface area contributed by atoms with E-state index in [9.17, 15) is 0 Å². The first-order chi connectivity index (χ1) is 9.04. The Labute approximate surface area is 117 Å². The van der Waals surface area contributed by atoms with Crippen molar-refractivity contribution in [2.24, 2.45) is 28.9 Å². The van der Waals surface area contributed by atoms with Crippen LogP contribution in [-0.2, 0) is 4.74 Å². The minimum Gasteiger partial charge on any atom is -0.378 e. The second-order valence-electron chi connectivity index (χ2n) is 7.54. The lowest BCUT2D eigenvalue weighted by Crippen LogP contribution is -2.62. The number of rotatable bonds is 5. The average molecular weight is 266 g/mol. The maximum Gasteiger partial charge on any atom is 0.0655 e. The Balaban J connectivity index is 1.49. The number of hydrogen-bond acceptors (Lipinski definition) is 3. The topological polar surface area (TPSA) is 47.3 Å². The summed E-state index contributed by atoms with van der Waals surface area (Å²) in [7, 11) is 0. The SMILES string of the molecule is CCOC1CC(NCC2C3CCC(C3)C2N)C1(C)C. The molecule has 6 unspecified atom stereocenters. The lowest BCUT2D eigenvalue weighted by molar-refractivity contribution is -0.115. The molecule has 110 valence electrons. The van der Waals surface area contributed by atoms with Crippen LogP contribution in [0.1, 0.15) is 46.5 Å². The molecule has 3 fully saturated rings. The summed E-state index contributed by atoms with van der Waals surface area (Å²) in [5.41, 5.74) is 6.66. The Morgan fingerprint density at radius 3 is 2.53 bits per heavy atom. The molecule has 3 nitrogen and oxygen atoms in total. The van der Waals surface area contributed by atoms with Gasteiger partial charge in [-0.1, -0.05) is 13.8 Å². The molecule has 3 N–H and O–H groups in total. The summed E-state index contributed by atoms with van der Waals surface area (Å²) in [6, 6.07) is 1.06. The van der Waals surface area contributed by atoms with Crippen molar-refractivity contribution < 1.29 is 4.74 Å². The monoisotopic (exact) mass is 266 g/mol. The van der Waals surface area contributed by atoms with E-state index in [1.807, 2.05) is 0 Å². The molecular weight excluding hydrogens is 236 g/mol. The zero-order valence-corrected chi connectivity index (χ0v) is 12.7. The van der Waals surface area contributed by atoms with Gasteiger partial charge in [-0.05, 0) is 56.9 Å². The molecule has 0 aliphatic heterocycles. The van der Waals surface area contributed by atoms with Gasteiger partial charge in [-0.15, -0.1) is 0 Å². The highest BCUT2D eigenvalue weighted by Gasteiger charge is 2.50. The van der Waals surface area contributed by atoms with Crippen molar-refractivity contribution >= 4 is 0 Å². The third-order valence-electron chi connectivity index (χ3n) is 6.30. The summed E-state index contributed by atoms with van der Waals surface area (Å²) in [4.78, 5) is 0. The minimum absolute atomic E-state index is 0.276. The Bertz CT molecular complexity index is 329. The maximum atomic E-state index is 6.39. The fourth-order valence-electron chi connectivity index (χ4n) is 4.75. The first-order valence-corrected chi connectivity index (χ1v) is 8.14. The van der Waals surface area contributed by atoms with Gasteiger partial charge in [0.25, 0.3) is 0 Å². The molecule has 0 saturated heterocycles. The number of nitrogens with two attached hydrogens (primary N) is 1. The Morgan fingerprint density at radius 2 is 1.95 bits per heavy atom. The second-order valence-corrected chi connectivity index (χ2v) is 7.54. The molecule has 6 atom stereocenters. The predicted molar refractivity (Wildman–Crippen MR) is 77.9 cm³/mol. The summed E-state index contributed by atoms with van der Waals surface area (Å²) >= 11 is 0. The molecular formula is C16H30N2O. The van der Waals surface area contributed by atoms with E-state index >= 15 is 0 Å². The van der Waals surface area contributed by atoms with E-state index in [1.54, 1.807) is 0 Å². The molecule has 0 radical (unpaired) electrons. The summed E-state index contributed by atoms with van der Waals surface area (Å²) in [6.07, 6.45) is 5.79. The van der Waals surface area contributed by atoms with Gasteiger partial charge in [-0.2, -0.15) is 0 Å². The summed E-state index contributed by atoms with van der Waals surface area (Å²) < 4.78 is 5.80. The standard InChI is InChI=1S/C16H30N2O/c1-4-19-14-8-13(16(14,2)3)18-9-12-10-5-6-11(7-10)15(12)17/h10-15,18H,4-9,17H2,1-3H3. The van der Waals surface area contributed by atoms with E-state index in [4.69, 9.17) is 10.5 Å². The highest BCUT2D eigenvalue weighted by Crippen LogP contribution is 2.48. The van der Waals surface area contributed by atoms with Crippen molar-refractivity contribution in [2.45, 2.75) is 64.6 Å². The van der Waals surface area contributed by atoms with E-state index < -0.39 is 0 Å². The first kappa shape index (κ1) is 13.8. The van der Waals surface area contributed by atoms with Gasteiger partial charge in [-0.25, -0.2) is 0 Å². The van der Waals surface area contributed by atoms with Crippen LogP contribution in [0.15, 0.2) is 0 Å². The third-order valence-corrected chi connectivity index (χ3v) is 6.30. The van der Waals surface area contributed by atoms with Gasteiger partial charge in [0.05, 0.1) is 6.10 Å². The molecule has 0 spiro atoms. The highest BCUT2D eigenvalue weighted by molar-refractivity contribution is 5.05. The zero-order chi connectivity index (χ0) is 13.6. The van der Waals surface area contributed by atoms with Gasteiger partial charge in [0.1, 0.15) is 0 Å². The van der Waals surface area contributed by atoms with Crippen molar-refractivity contribution in [1.82, 2.24) is 5.32 Å². The van der Waals surface area contributed by atoms with Crippen LogP contribution in [0.5, 0.6) is 0 Å². The molecule has 2 bridgehead atoms. The van der Waals surface area contributed by atoms with Crippen LogP contribution in [0.2, 0.25) is 0 Å². The van der Waals surface area contributed by atoms with Crippen LogP contribution in [0.25, 0.3) is 0 Å². The van der Waals surface area contributed by atoms with Gasteiger partial charge in [0, 0.05) is 24.1 Å². The van der Waals surface area contributed by atoms with E-state index in [1.165, 1.54) is 19.3 Å².